The summed E-state index contributed by atoms with van der Waals surface area (Å²) >= 11 is 0. The molecular formula is C22H26F3N5O. The number of benzene rings is 1. The number of aromatic nitrogens is 4. The van der Waals surface area contributed by atoms with Crippen molar-refractivity contribution >= 4 is 10.9 Å². The summed E-state index contributed by atoms with van der Waals surface area (Å²) in [5, 5.41) is 9.46. The topological polar surface area (TPSA) is 48.1 Å². The minimum absolute atomic E-state index is 0.0557. The van der Waals surface area contributed by atoms with Gasteiger partial charge in [-0.3, -0.25) is 4.90 Å². The predicted molar refractivity (Wildman–Crippen MR) is 110 cm³/mol. The molecule has 5 rings (SSSR count). The molecule has 9 heteroatoms. The van der Waals surface area contributed by atoms with E-state index >= 15 is 0 Å². The summed E-state index contributed by atoms with van der Waals surface area (Å²) < 4.78 is 48.2. The van der Waals surface area contributed by atoms with Crippen molar-refractivity contribution in [2.75, 3.05) is 13.1 Å². The van der Waals surface area contributed by atoms with Crippen LogP contribution in [0.2, 0.25) is 0 Å². The van der Waals surface area contributed by atoms with Crippen molar-refractivity contribution in [2.24, 2.45) is 0 Å². The van der Waals surface area contributed by atoms with E-state index in [4.69, 9.17) is 4.74 Å². The first kappa shape index (κ1) is 20.4. The maximum absolute atomic E-state index is 12.8. The van der Waals surface area contributed by atoms with Crippen molar-refractivity contribution < 1.29 is 17.9 Å². The smallest absolute Gasteiger partial charge is 0.406 e. The highest BCUT2D eigenvalue weighted by molar-refractivity contribution is 5.86. The summed E-state index contributed by atoms with van der Waals surface area (Å²) in [5.74, 6) is 2.80. The number of alkyl halides is 3. The van der Waals surface area contributed by atoms with E-state index in [1.54, 1.807) is 18.2 Å². The Morgan fingerprint density at radius 2 is 1.87 bits per heavy atom. The van der Waals surface area contributed by atoms with Crippen molar-refractivity contribution in [3.05, 3.63) is 42.1 Å². The molecule has 1 fully saturated rings. The Bertz CT molecular complexity index is 1050. The standard InChI is InChI=1S/C22H26F3N5O/c23-22(24,25)15-29-13-9-17-18(29)4-3-5-19(17)31-16-7-11-28(12-8-16)14-21-27-26-20-6-1-2-10-30(20)21/h3-5,9,13,16H,1-2,6-8,10-12,14-15H2. The van der Waals surface area contributed by atoms with Crippen LogP contribution in [0.1, 0.15) is 37.3 Å². The molecule has 6 nitrogen and oxygen atoms in total. The van der Waals surface area contributed by atoms with Gasteiger partial charge in [0.15, 0.2) is 0 Å². The van der Waals surface area contributed by atoms with Crippen molar-refractivity contribution in [3.8, 4) is 5.75 Å². The molecule has 0 radical (unpaired) electrons. The lowest BCUT2D eigenvalue weighted by molar-refractivity contribution is -0.139. The predicted octanol–water partition coefficient (Wildman–Crippen LogP) is 4.17. The first-order valence-electron chi connectivity index (χ1n) is 10.9. The molecule has 0 amide bonds. The number of halogens is 3. The van der Waals surface area contributed by atoms with Gasteiger partial charge >= 0.3 is 6.18 Å². The Hall–Kier alpha value is -2.55. The zero-order valence-electron chi connectivity index (χ0n) is 17.3. The average Bonchev–Trinajstić information content (AvgIpc) is 3.34. The summed E-state index contributed by atoms with van der Waals surface area (Å²) in [6, 6.07) is 7.01. The third-order valence-electron chi connectivity index (χ3n) is 6.25. The van der Waals surface area contributed by atoms with Gasteiger partial charge < -0.3 is 13.9 Å². The number of likely N-dealkylation sites (tertiary alicyclic amines) is 1. The number of hydrogen-bond donors (Lipinski definition) is 0. The second kappa shape index (κ2) is 8.18. The summed E-state index contributed by atoms with van der Waals surface area (Å²) in [4.78, 5) is 2.38. The van der Waals surface area contributed by atoms with Crippen LogP contribution in [-0.4, -0.2) is 49.6 Å². The molecule has 166 valence electrons. The molecule has 0 bridgehead atoms. The fourth-order valence-electron chi connectivity index (χ4n) is 4.68. The first-order chi connectivity index (χ1) is 15.0. The molecule has 0 unspecified atom stereocenters. The molecule has 1 saturated heterocycles. The van der Waals surface area contributed by atoms with Crippen molar-refractivity contribution in [1.29, 1.82) is 0 Å². The number of nitrogens with zero attached hydrogens (tertiary/aromatic N) is 5. The minimum atomic E-state index is -4.25. The van der Waals surface area contributed by atoms with Crippen LogP contribution in [0, 0.1) is 0 Å². The monoisotopic (exact) mass is 433 g/mol. The normalized spacial score (nSPS) is 18.4. The Balaban J connectivity index is 1.21. The summed E-state index contributed by atoms with van der Waals surface area (Å²) in [6.45, 7) is 2.62. The van der Waals surface area contributed by atoms with Crippen LogP contribution in [0.15, 0.2) is 30.5 Å². The van der Waals surface area contributed by atoms with E-state index in [1.807, 2.05) is 6.07 Å². The van der Waals surface area contributed by atoms with Gasteiger partial charge in [0.1, 0.15) is 30.0 Å². The average molecular weight is 433 g/mol. The fourth-order valence-corrected chi connectivity index (χ4v) is 4.68. The molecule has 4 heterocycles. The highest BCUT2D eigenvalue weighted by atomic mass is 19.4. The van der Waals surface area contributed by atoms with Gasteiger partial charge in [0.2, 0.25) is 0 Å². The minimum Gasteiger partial charge on any atom is -0.490 e. The second-order valence-corrected chi connectivity index (χ2v) is 8.48. The Labute approximate surface area is 178 Å². The van der Waals surface area contributed by atoms with Crippen LogP contribution >= 0.6 is 0 Å². The van der Waals surface area contributed by atoms with Crippen LogP contribution in [0.4, 0.5) is 13.2 Å². The van der Waals surface area contributed by atoms with Crippen molar-refractivity contribution in [1.82, 2.24) is 24.2 Å². The van der Waals surface area contributed by atoms with Gasteiger partial charge in [0.25, 0.3) is 0 Å². The molecule has 31 heavy (non-hydrogen) atoms. The number of hydrogen-bond acceptors (Lipinski definition) is 4. The SMILES string of the molecule is FC(F)(F)Cn1ccc2c(OC3CCN(Cc4nnc5n4CCCC5)CC3)cccc21. The Morgan fingerprint density at radius 1 is 1.03 bits per heavy atom. The van der Waals surface area contributed by atoms with Gasteiger partial charge in [-0.2, -0.15) is 13.2 Å². The van der Waals surface area contributed by atoms with Crippen LogP contribution in [0.25, 0.3) is 10.9 Å². The maximum Gasteiger partial charge on any atom is 0.406 e. The van der Waals surface area contributed by atoms with Crippen molar-refractivity contribution in [2.45, 2.75) is 64.0 Å². The second-order valence-electron chi connectivity index (χ2n) is 8.48. The Kier molecular flexibility index (Phi) is 5.37. The van der Waals surface area contributed by atoms with E-state index in [-0.39, 0.29) is 6.10 Å². The number of rotatable bonds is 5. The molecule has 0 saturated carbocycles. The van der Waals surface area contributed by atoms with Crippen LogP contribution in [-0.2, 0) is 26.1 Å². The molecule has 0 N–H and O–H groups in total. The number of ether oxygens (including phenoxy) is 1. The molecule has 0 spiro atoms. The summed E-state index contributed by atoms with van der Waals surface area (Å²) in [5.41, 5.74) is 0.545. The molecule has 2 aliphatic rings. The van der Waals surface area contributed by atoms with E-state index in [0.717, 1.165) is 62.5 Å². The maximum atomic E-state index is 12.8. The zero-order valence-corrected chi connectivity index (χ0v) is 17.3. The lowest BCUT2D eigenvalue weighted by Gasteiger charge is -2.32. The Morgan fingerprint density at radius 3 is 2.68 bits per heavy atom. The molecule has 1 aromatic carbocycles. The van der Waals surface area contributed by atoms with Gasteiger partial charge in [-0.25, -0.2) is 0 Å². The summed E-state index contributed by atoms with van der Waals surface area (Å²) in [6.07, 6.45) is 2.42. The number of fused-ring (bicyclic) bond motifs is 2. The number of aryl methyl sites for hydroxylation is 1. The molecule has 2 aromatic heterocycles. The molecular weight excluding hydrogens is 407 g/mol. The highest BCUT2D eigenvalue weighted by Gasteiger charge is 2.29. The van der Waals surface area contributed by atoms with E-state index in [0.29, 0.717) is 11.3 Å². The molecule has 0 aliphatic carbocycles. The third kappa shape index (κ3) is 4.42. The van der Waals surface area contributed by atoms with E-state index in [2.05, 4.69) is 19.7 Å². The van der Waals surface area contributed by atoms with E-state index in [1.165, 1.54) is 23.6 Å². The lowest BCUT2D eigenvalue weighted by Crippen LogP contribution is -2.38. The first-order valence-corrected chi connectivity index (χ1v) is 10.9. The van der Waals surface area contributed by atoms with Crippen LogP contribution in [0.3, 0.4) is 0 Å². The third-order valence-corrected chi connectivity index (χ3v) is 6.25. The summed E-state index contributed by atoms with van der Waals surface area (Å²) in [7, 11) is 0. The largest absolute Gasteiger partial charge is 0.490 e. The van der Waals surface area contributed by atoms with Gasteiger partial charge in [-0.05, 0) is 43.9 Å². The lowest BCUT2D eigenvalue weighted by atomic mass is 10.1. The van der Waals surface area contributed by atoms with Gasteiger partial charge in [0, 0.05) is 37.6 Å². The molecule has 2 aliphatic heterocycles. The van der Waals surface area contributed by atoms with Crippen LogP contribution in [0.5, 0.6) is 5.75 Å². The van der Waals surface area contributed by atoms with Crippen molar-refractivity contribution in [3.63, 3.8) is 0 Å². The molecule has 3 aromatic rings. The molecule has 0 atom stereocenters. The highest BCUT2D eigenvalue weighted by Crippen LogP contribution is 2.31. The van der Waals surface area contributed by atoms with E-state index in [9.17, 15) is 13.2 Å². The van der Waals surface area contributed by atoms with Crippen LogP contribution < -0.4 is 4.74 Å². The van der Waals surface area contributed by atoms with Gasteiger partial charge in [-0.1, -0.05) is 6.07 Å². The fraction of sp³-hybridized carbons (Fsp3) is 0.545. The van der Waals surface area contributed by atoms with Gasteiger partial charge in [-0.15, -0.1) is 10.2 Å². The van der Waals surface area contributed by atoms with Gasteiger partial charge in [0.05, 0.1) is 12.1 Å². The number of piperidine rings is 1. The van der Waals surface area contributed by atoms with E-state index < -0.39 is 12.7 Å². The zero-order chi connectivity index (χ0) is 21.4. The quantitative estimate of drug-likeness (QED) is 0.606.